The van der Waals surface area contributed by atoms with Gasteiger partial charge in [0, 0.05) is 30.2 Å². The molecule has 0 aliphatic carbocycles. The third-order valence-corrected chi connectivity index (χ3v) is 2.78. The standard InChI is InChI=1S/C12H11N3O3/c1-12(11(17)18,9-4-2-6-13-8-9)15-10(16)5-3-7-14-15/h2-8H,1H3,(H,17,18). The molecular weight excluding hydrogens is 234 g/mol. The molecule has 2 rings (SSSR count). The zero-order valence-corrected chi connectivity index (χ0v) is 9.65. The van der Waals surface area contributed by atoms with Crippen LogP contribution >= 0.6 is 0 Å². The van der Waals surface area contributed by atoms with Crippen LogP contribution in [0.15, 0.2) is 47.7 Å². The molecule has 0 amide bonds. The maximum atomic E-state index is 11.8. The quantitative estimate of drug-likeness (QED) is 0.850. The van der Waals surface area contributed by atoms with Crippen LogP contribution in [0.2, 0.25) is 0 Å². The van der Waals surface area contributed by atoms with E-state index in [9.17, 15) is 14.7 Å². The smallest absolute Gasteiger partial charge is 0.336 e. The van der Waals surface area contributed by atoms with Crippen LogP contribution in [0.25, 0.3) is 0 Å². The van der Waals surface area contributed by atoms with Crippen LogP contribution < -0.4 is 5.56 Å². The van der Waals surface area contributed by atoms with Crippen LogP contribution in [0.4, 0.5) is 0 Å². The van der Waals surface area contributed by atoms with E-state index >= 15 is 0 Å². The Bertz CT molecular complexity index is 624. The van der Waals surface area contributed by atoms with Gasteiger partial charge in [-0.2, -0.15) is 5.10 Å². The summed E-state index contributed by atoms with van der Waals surface area (Å²) >= 11 is 0. The van der Waals surface area contributed by atoms with Crippen molar-refractivity contribution in [2.45, 2.75) is 12.5 Å². The highest BCUT2D eigenvalue weighted by molar-refractivity contribution is 5.80. The minimum Gasteiger partial charge on any atom is -0.479 e. The summed E-state index contributed by atoms with van der Waals surface area (Å²) in [5, 5.41) is 13.3. The highest BCUT2D eigenvalue weighted by atomic mass is 16.4. The molecule has 0 saturated carbocycles. The number of hydrogen-bond acceptors (Lipinski definition) is 4. The van der Waals surface area contributed by atoms with E-state index in [0.29, 0.717) is 5.56 Å². The Balaban J connectivity index is 2.71. The molecule has 0 spiro atoms. The third kappa shape index (κ3) is 1.77. The van der Waals surface area contributed by atoms with Gasteiger partial charge in [0.05, 0.1) is 0 Å². The number of carboxylic acids is 1. The van der Waals surface area contributed by atoms with Gasteiger partial charge in [-0.25, -0.2) is 9.48 Å². The van der Waals surface area contributed by atoms with Gasteiger partial charge in [-0.1, -0.05) is 6.07 Å². The third-order valence-electron chi connectivity index (χ3n) is 2.78. The number of pyridine rings is 1. The summed E-state index contributed by atoms with van der Waals surface area (Å²) in [6, 6.07) is 5.95. The van der Waals surface area contributed by atoms with Gasteiger partial charge in [-0.05, 0) is 19.1 Å². The van der Waals surface area contributed by atoms with Crippen LogP contribution in [0.5, 0.6) is 0 Å². The first kappa shape index (κ1) is 12.0. The lowest BCUT2D eigenvalue weighted by Crippen LogP contribution is -2.47. The predicted molar refractivity (Wildman–Crippen MR) is 63.1 cm³/mol. The van der Waals surface area contributed by atoms with Crippen molar-refractivity contribution < 1.29 is 9.90 Å². The summed E-state index contributed by atoms with van der Waals surface area (Å²) in [4.78, 5) is 27.2. The molecular formula is C12H11N3O3. The molecule has 6 heteroatoms. The van der Waals surface area contributed by atoms with Gasteiger partial charge in [0.15, 0.2) is 5.54 Å². The fraction of sp³-hybridized carbons (Fsp3) is 0.167. The maximum Gasteiger partial charge on any atom is 0.336 e. The maximum absolute atomic E-state index is 11.8. The molecule has 0 bridgehead atoms. The van der Waals surface area contributed by atoms with E-state index in [4.69, 9.17) is 0 Å². The van der Waals surface area contributed by atoms with Crippen molar-refractivity contribution in [3.8, 4) is 0 Å². The zero-order valence-electron chi connectivity index (χ0n) is 9.65. The zero-order chi connectivity index (χ0) is 13.2. The van der Waals surface area contributed by atoms with Crippen molar-refractivity contribution >= 4 is 5.97 Å². The van der Waals surface area contributed by atoms with Crippen molar-refractivity contribution in [3.63, 3.8) is 0 Å². The molecule has 2 heterocycles. The lowest BCUT2D eigenvalue weighted by molar-refractivity contribution is -0.145. The highest BCUT2D eigenvalue weighted by Crippen LogP contribution is 2.23. The molecule has 2 aromatic heterocycles. The highest BCUT2D eigenvalue weighted by Gasteiger charge is 2.39. The monoisotopic (exact) mass is 245 g/mol. The number of aromatic nitrogens is 3. The van der Waals surface area contributed by atoms with Gasteiger partial charge >= 0.3 is 5.97 Å². The molecule has 92 valence electrons. The molecule has 6 nitrogen and oxygen atoms in total. The molecule has 1 unspecified atom stereocenters. The second-order valence-electron chi connectivity index (χ2n) is 3.89. The van der Waals surface area contributed by atoms with Crippen molar-refractivity contribution in [1.29, 1.82) is 0 Å². The van der Waals surface area contributed by atoms with E-state index in [1.807, 2.05) is 0 Å². The summed E-state index contributed by atoms with van der Waals surface area (Å²) < 4.78 is 0.937. The fourth-order valence-corrected chi connectivity index (χ4v) is 1.68. The summed E-state index contributed by atoms with van der Waals surface area (Å²) in [6.07, 6.45) is 4.32. The second kappa shape index (κ2) is 4.40. The molecule has 0 aromatic carbocycles. The van der Waals surface area contributed by atoms with E-state index in [-0.39, 0.29) is 0 Å². The number of rotatable bonds is 3. The Morgan fingerprint density at radius 3 is 2.61 bits per heavy atom. The minimum absolute atomic E-state index is 0.387. The van der Waals surface area contributed by atoms with Gasteiger partial charge in [-0.15, -0.1) is 0 Å². The van der Waals surface area contributed by atoms with E-state index in [0.717, 1.165) is 4.68 Å². The Labute approximate surface area is 103 Å². The molecule has 0 radical (unpaired) electrons. The molecule has 1 atom stereocenters. The summed E-state index contributed by atoms with van der Waals surface area (Å²) in [6.45, 7) is 1.42. The van der Waals surface area contributed by atoms with Crippen molar-refractivity contribution in [2.75, 3.05) is 0 Å². The van der Waals surface area contributed by atoms with Gasteiger partial charge in [0.1, 0.15) is 0 Å². The lowest BCUT2D eigenvalue weighted by Gasteiger charge is -2.25. The van der Waals surface area contributed by atoms with Gasteiger partial charge < -0.3 is 5.11 Å². The van der Waals surface area contributed by atoms with E-state index in [1.54, 1.807) is 12.1 Å². The molecule has 0 saturated heterocycles. The first-order valence-corrected chi connectivity index (χ1v) is 5.25. The number of aliphatic carboxylic acids is 1. The average molecular weight is 245 g/mol. The van der Waals surface area contributed by atoms with Gasteiger partial charge in [0.2, 0.25) is 0 Å². The van der Waals surface area contributed by atoms with Crippen LogP contribution in [-0.4, -0.2) is 25.8 Å². The van der Waals surface area contributed by atoms with Crippen molar-refractivity contribution in [2.24, 2.45) is 0 Å². The molecule has 0 aliphatic heterocycles. The number of nitrogens with zero attached hydrogens (tertiary/aromatic N) is 3. The largest absolute Gasteiger partial charge is 0.479 e. The second-order valence-corrected chi connectivity index (χ2v) is 3.89. The Morgan fingerprint density at radius 1 is 1.33 bits per heavy atom. The van der Waals surface area contributed by atoms with Gasteiger partial charge in [-0.3, -0.25) is 9.78 Å². The minimum atomic E-state index is -1.58. The number of carboxylic acid groups (broad SMARTS) is 1. The molecule has 2 aromatic rings. The molecule has 0 fully saturated rings. The van der Waals surface area contributed by atoms with Crippen LogP contribution in [0, 0.1) is 0 Å². The summed E-state index contributed by atoms with van der Waals surface area (Å²) in [7, 11) is 0. The van der Waals surface area contributed by atoms with Crippen LogP contribution in [0.1, 0.15) is 12.5 Å². The average Bonchev–Trinajstić information content (AvgIpc) is 2.39. The predicted octanol–water partition coefficient (Wildman–Crippen LogP) is 0.486. The molecule has 18 heavy (non-hydrogen) atoms. The summed E-state index contributed by atoms with van der Waals surface area (Å²) in [5.74, 6) is -1.17. The number of hydrogen-bond donors (Lipinski definition) is 1. The SMILES string of the molecule is CC(C(=O)O)(c1cccnc1)n1ncccc1=O. The molecule has 0 aliphatic rings. The summed E-state index contributed by atoms with van der Waals surface area (Å²) in [5.41, 5.74) is -1.67. The van der Waals surface area contributed by atoms with Crippen molar-refractivity contribution in [3.05, 3.63) is 58.8 Å². The van der Waals surface area contributed by atoms with Gasteiger partial charge in [0.25, 0.3) is 5.56 Å². The van der Waals surface area contributed by atoms with Crippen LogP contribution in [0.3, 0.4) is 0 Å². The van der Waals surface area contributed by atoms with E-state index in [2.05, 4.69) is 10.1 Å². The Hall–Kier alpha value is -2.50. The topological polar surface area (TPSA) is 85.1 Å². The normalized spacial score (nSPS) is 13.8. The lowest BCUT2D eigenvalue weighted by atomic mass is 9.94. The van der Waals surface area contributed by atoms with Crippen LogP contribution in [-0.2, 0) is 10.3 Å². The Kier molecular flexibility index (Phi) is 2.93. The molecule has 1 N–H and O–H groups in total. The number of carbonyl (C=O) groups is 1. The van der Waals surface area contributed by atoms with E-state index in [1.165, 1.54) is 37.6 Å². The first-order chi connectivity index (χ1) is 8.56. The van der Waals surface area contributed by atoms with Crippen molar-refractivity contribution in [1.82, 2.24) is 14.8 Å². The first-order valence-electron chi connectivity index (χ1n) is 5.25. The van der Waals surface area contributed by atoms with E-state index < -0.39 is 17.1 Å². The Morgan fingerprint density at radius 2 is 2.06 bits per heavy atom. The fourth-order valence-electron chi connectivity index (χ4n) is 1.68.